The van der Waals surface area contributed by atoms with Crippen LogP contribution in [0.2, 0.25) is 0 Å². The summed E-state index contributed by atoms with van der Waals surface area (Å²) in [5.74, 6) is -0.553. The molecule has 3 unspecified atom stereocenters. The molecule has 0 aromatic carbocycles. The van der Waals surface area contributed by atoms with Gasteiger partial charge in [0.2, 0.25) is 0 Å². The first kappa shape index (κ1) is 93.1. The van der Waals surface area contributed by atoms with Gasteiger partial charge >= 0.3 is 39.5 Å². The van der Waals surface area contributed by atoms with Crippen LogP contribution in [-0.2, 0) is 65.4 Å². The highest BCUT2D eigenvalue weighted by Crippen LogP contribution is 2.45. The van der Waals surface area contributed by atoms with E-state index in [0.717, 1.165) is 102 Å². The maximum Gasteiger partial charge on any atom is 0.472 e. The molecule has 0 aromatic heterocycles. The maximum absolute atomic E-state index is 13.1. The molecule has 95 heavy (non-hydrogen) atoms. The topological polar surface area (TPSA) is 237 Å². The molecule has 0 aliphatic rings. The minimum absolute atomic E-state index is 0.106. The van der Waals surface area contributed by atoms with E-state index in [-0.39, 0.29) is 25.7 Å². The van der Waals surface area contributed by atoms with Crippen LogP contribution >= 0.6 is 15.6 Å². The number of carbonyl (C=O) groups excluding carboxylic acids is 4. The molecular formula is C76H148O17P2. The molecule has 0 saturated carbocycles. The number of ether oxygens (including phenoxy) is 4. The lowest BCUT2D eigenvalue weighted by Gasteiger charge is -2.21. The molecule has 0 saturated heterocycles. The molecule has 0 rings (SSSR count). The summed E-state index contributed by atoms with van der Waals surface area (Å²) in [4.78, 5) is 72.8. The van der Waals surface area contributed by atoms with Gasteiger partial charge in [0, 0.05) is 25.7 Å². The minimum Gasteiger partial charge on any atom is -0.462 e. The fourth-order valence-corrected chi connectivity index (χ4v) is 13.2. The number of phosphoric ester groups is 2. The predicted molar refractivity (Wildman–Crippen MR) is 386 cm³/mol. The molecule has 17 nitrogen and oxygen atoms in total. The number of phosphoric acid groups is 2. The number of aliphatic hydroxyl groups is 1. The number of carbonyl (C=O) groups is 4. The van der Waals surface area contributed by atoms with Crippen molar-refractivity contribution in [3.05, 3.63) is 0 Å². The van der Waals surface area contributed by atoms with E-state index in [4.69, 9.17) is 37.0 Å². The van der Waals surface area contributed by atoms with Crippen LogP contribution in [0, 0.1) is 11.8 Å². The van der Waals surface area contributed by atoms with Crippen LogP contribution in [0.25, 0.3) is 0 Å². The molecular weight excluding hydrogens is 1250 g/mol. The second-order valence-electron chi connectivity index (χ2n) is 28.1. The van der Waals surface area contributed by atoms with Gasteiger partial charge < -0.3 is 33.8 Å². The van der Waals surface area contributed by atoms with Gasteiger partial charge in [-0.1, -0.05) is 343 Å². The first-order chi connectivity index (χ1) is 45.9. The van der Waals surface area contributed by atoms with E-state index in [1.54, 1.807) is 0 Å². The van der Waals surface area contributed by atoms with Crippen molar-refractivity contribution >= 4 is 39.5 Å². The summed E-state index contributed by atoms with van der Waals surface area (Å²) in [6, 6.07) is 0. The van der Waals surface area contributed by atoms with E-state index in [9.17, 15) is 43.2 Å². The third-order valence-electron chi connectivity index (χ3n) is 18.1. The molecule has 19 heteroatoms. The Morgan fingerprint density at radius 2 is 0.537 bits per heavy atom. The van der Waals surface area contributed by atoms with Gasteiger partial charge in [-0.15, -0.1) is 0 Å². The average Bonchev–Trinajstić information content (AvgIpc) is 1.66. The van der Waals surface area contributed by atoms with Gasteiger partial charge in [0.05, 0.1) is 26.4 Å². The van der Waals surface area contributed by atoms with Crippen LogP contribution in [-0.4, -0.2) is 96.7 Å². The Labute approximate surface area is 581 Å². The molecule has 0 bridgehead atoms. The highest BCUT2D eigenvalue weighted by atomic mass is 31.2. The first-order valence-corrected chi connectivity index (χ1v) is 42.5. The standard InChI is InChI=1S/C76H148O17P2/c1-7-10-12-14-16-18-20-21-22-23-24-25-26-27-36-42-48-54-60-75(80)92-72(65-87-74(79)59-53-47-41-35-31-29-33-39-45-51-57-69(6)9-3)67-91-95(84,85)89-63-70(77)62-88-94(82,83)90-66-71(64-86-73(78)58-52-46-40-34-19-17-15-13-11-8-2)93-76(81)61-55-49-43-37-30-28-32-38-44-50-56-68(4)5/h68-72,77H,7-67H2,1-6H3,(H,82,83)(H,84,85)/t69?,70-,71+,72+/m0/s1. The highest BCUT2D eigenvalue weighted by molar-refractivity contribution is 7.47. The average molecular weight is 1400 g/mol. The van der Waals surface area contributed by atoms with Crippen LogP contribution in [0.3, 0.4) is 0 Å². The molecule has 6 atom stereocenters. The molecule has 0 fully saturated rings. The Morgan fingerprint density at radius 1 is 0.305 bits per heavy atom. The summed E-state index contributed by atoms with van der Waals surface area (Å²) < 4.78 is 68.5. The molecule has 0 aliphatic carbocycles. The fourth-order valence-electron chi connectivity index (χ4n) is 11.6. The van der Waals surface area contributed by atoms with Crippen LogP contribution in [0.15, 0.2) is 0 Å². The summed E-state index contributed by atoms with van der Waals surface area (Å²) in [7, 11) is -9.91. The summed E-state index contributed by atoms with van der Waals surface area (Å²) in [6.07, 6.45) is 55.3. The lowest BCUT2D eigenvalue weighted by molar-refractivity contribution is -0.161. The van der Waals surface area contributed by atoms with Crippen molar-refractivity contribution < 1.29 is 80.2 Å². The number of aliphatic hydroxyl groups excluding tert-OH is 1. The third kappa shape index (κ3) is 69.0. The Balaban J connectivity index is 5.24. The first-order valence-electron chi connectivity index (χ1n) is 39.5. The zero-order chi connectivity index (χ0) is 70.0. The van der Waals surface area contributed by atoms with Crippen molar-refractivity contribution in [3.8, 4) is 0 Å². The monoisotopic (exact) mass is 1400 g/mol. The maximum atomic E-state index is 13.1. The SMILES string of the molecule is CCCCCCCCCCCCCCCCCCCCC(=O)O[C@H](COC(=O)CCCCCCCCCCCCC(C)CC)COP(=O)(O)OC[C@@H](O)COP(=O)(O)OC[C@@H](COC(=O)CCCCCCCCCCCC)OC(=O)CCCCCCCCCCCCC(C)C. The predicted octanol–water partition coefficient (Wildman–Crippen LogP) is 22.3. The van der Waals surface area contributed by atoms with Crippen molar-refractivity contribution in [2.75, 3.05) is 39.6 Å². The van der Waals surface area contributed by atoms with E-state index in [1.807, 2.05) is 0 Å². The zero-order valence-corrected chi connectivity index (χ0v) is 63.8. The molecule has 0 radical (unpaired) electrons. The van der Waals surface area contributed by atoms with Gasteiger partial charge in [0.25, 0.3) is 0 Å². The quantitative estimate of drug-likeness (QED) is 0.0222. The minimum atomic E-state index is -4.96. The van der Waals surface area contributed by atoms with Crippen molar-refractivity contribution in [2.45, 2.75) is 413 Å². The summed E-state index contributed by atoms with van der Waals surface area (Å²) in [5.41, 5.74) is 0. The van der Waals surface area contributed by atoms with E-state index >= 15 is 0 Å². The molecule has 0 aromatic rings. The van der Waals surface area contributed by atoms with Crippen molar-refractivity contribution in [3.63, 3.8) is 0 Å². The summed E-state index contributed by atoms with van der Waals surface area (Å²) in [6.45, 7) is 9.61. The molecule has 0 spiro atoms. The lowest BCUT2D eigenvalue weighted by atomic mass is 9.99. The van der Waals surface area contributed by atoms with Gasteiger partial charge in [0.15, 0.2) is 12.2 Å². The van der Waals surface area contributed by atoms with Gasteiger partial charge in [-0.25, -0.2) is 9.13 Å². The third-order valence-corrected chi connectivity index (χ3v) is 20.0. The number of esters is 4. The Kier molecular flexibility index (Phi) is 66.5. The Morgan fingerprint density at radius 3 is 0.800 bits per heavy atom. The molecule has 0 amide bonds. The van der Waals surface area contributed by atoms with Crippen LogP contribution in [0.5, 0.6) is 0 Å². The van der Waals surface area contributed by atoms with Gasteiger partial charge in [-0.2, -0.15) is 0 Å². The van der Waals surface area contributed by atoms with Crippen molar-refractivity contribution in [1.29, 1.82) is 0 Å². The number of rotatable bonds is 75. The molecule has 0 aliphatic heterocycles. The van der Waals surface area contributed by atoms with E-state index < -0.39 is 97.5 Å². The largest absolute Gasteiger partial charge is 0.472 e. The van der Waals surface area contributed by atoms with Crippen molar-refractivity contribution in [2.24, 2.45) is 11.8 Å². The normalized spacial score (nSPS) is 14.3. The number of unbranched alkanes of at least 4 members (excludes halogenated alkanes) is 44. The van der Waals surface area contributed by atoms with Crippen LogP contribution < -0.4 is 0 Å². The number of hydrogen-bond donors (Lipinski definition) is 3. The fraction of sp³-hybridized carbons (Fsp3) is 0.947. The van der Waals surface area contributed by atoms with Gasteiger partial charge in [-0.05, 0) is 37.5 Å². The van der Waals surface area contributed by atoms with E-state index in [1.165, 1.54) is 212 Å². The molecule has 0 heterocycles. The zero-order valence-electron chi connectivity index (χ0n) is 62.0. The van der Waals surface area contributed by atoms with E-state index in [0.29, 0.717) is 25.7 Å². The van der Waals surface area contributed by atoms with Crippen LogP contribution in [0.4, 0.5) is 0 Å². The second-order valence-corrected chi connectivity index (χ2v) is 31.0. The van der Waals surface area contributed by atoms with Crippen molar-refractivity contribution in [1.82, 2.24) is 0 Å². The molecule has 3 N–H and O–H groups in total. The molecule has 564 valence electrons. The highest BCUT2D eigenvalue weighted by Gasteiger charge is 2.30. The van der Waals surface area contributed by atoms with Gasteiger partial charge in [0.1, 0.15) is 19.3 Å². The Hall–Kier alpha value is -1.94. The van der Waals surface area contributed by atoms with Crippen LogP contribution in [0.1, 0.15) is 395 Å². The lowest BCUT2D eigenvalue weighted by Crippen LogP contribution is -2.30. The Bertz CT molecular complexity index is 1840. The van der Waals surface area contributed by atoms with Gasteiger partial charge in [-0.3, -0.25) is 37.3 Å². The summed E-state index contributed by atoms with van der Waals surface area (Å²) >= 11 is 0. The summed E-state index contributed by atoms with van der Waals surface area (Å²) in [5, 5.41) is 10.6. The smallest absolute Gasteiger partial charge is 0.462 e. The second kappa shape index (κ2) is 67.9. The number of hydrogen-bond acceptors (Lipinski definition) is 15. The van der Waals surface area contributed by atoms with E-state index in [2.05, 4.69) is 41.5 Å².